The summed E-state index contributed by atoms with van der Waals surface area (Å²) in [5.41, 5.74) is 1.59. The van der Waals surface area contributed by atoms with Gasteiger partial charge >= 0.3 is 0 Å². The first kappa shape index (κ1) is 19.4. The van der Waals surface area contributed by atoms with Gasteiger partial charge in [0.05, 0.1) is 11.6 Å². The van der Waals surface area contributed by atoms with Crippen LogP contribution in [-0.4, -0.2) is 24.9 Å². The molecule has 0 atom stereocenters. The van der Waals surface area contributed by atoms with Gasteiger partial charge in [0.25, 0.3) is 0 Å². The minimum absolute atomic E-state index is 0.382. The molecule has 1 aliphatic rings. The van der Waals surface area contributed by atoms with E-state index in [-0.39, 0.29) is 5.91 Å². The lowest BCUT2D eigenvalue weighted by atomic mass is 9.90. The predicted octanol–water partition coefficient (Wildman–Crippen LogP) is 3.76. The van der Waals surface area contributed by atoms with E-state index in [9.17, 15) is 9.59 Å². The Labute approximate surface area is 165 Å². The topological polar surface area (TPSA) is 85.2 Å². The highest BCUT2D eigenvalue weighted by atomic mass is 16.2. The van der Waals surface area contributed by atoms with Crippen molar-refractivity contribution < 1.29 is 9.59 Å². The zero-order chi connectivity index (χ0) is 20.1. The number of hydrogen-bond acceptors (Lipinski definition) is 4. The molecule has 2 aromatic carbocycles. The molecule has 0 aromatic heterocycles. The first-order valence-corrected chi connectivity index (χ1v) is 9.38. The summed E-state index contributed by atoms with van der Waals surface area (Å²) in [6.07, 6.45) is 2.42. The highest BCUT2D eigenvalue weighted by Crippen LogP contribution is 2.25. The molecule has 6 nitrogen and oxygen atoms in total. The fourth-order valence-electron chi connectivity index (χ4n) is 3.04. The number of carbonyl (C=O) groups excluding carboxylic acids is 2. The van der Waals surface area contributed by atoms with Gasteiger partial charge in [-0.2, -0.15) is 5.26 Å². The standard InChI is InChI=1S/C22H24N4O2/c1-22(2,20(27)24-17-7-5-16(15-23)6-8-17)21(28)25-18-9-11-19(12-10-18)26-13-3-4-14-26/h5-12H,3-4,13-14H2,1-2H3,(H,24,27)(H,25,28). The van der Waals surface area contributed by atoms with E-state index in [0.29, 0.717) is 16.9 Å². The molecule has 28 heavy (non-hydrogen) atoms. The Balaban J connectivity index is 1.62. The molecule has 2 amide bonds. The second-order valence-corrected chi connectivity index (χ2v) is 7.46. The first-order chi connectivity index (χ1) is 13.4. The molecule has 0 saturated carbocycles. The third-order valence-corrected chi connectivity index (χ3v) is 5.00. The first-order valence-electron chi connectivity index (χ1n) is 9.38. The molecule has 1 aliphatic heterocycles. The summed E-state index contributed by atoms with van der Waals surface area (Å²) < 4.78 is 0. The molecule has 3 rings (SSSR count). The quantitative estimate of drug-likeness (QED) is 0.778. The van der Waals surface area contributed by atoms with Gasteiger partial charge in [-0.1, -0.05) is 0 Å². The van der Waals surface area contributed by atoms with E-state index in [1.807, 2.05) is 30.3 Å². The van der Waals surface area contributed by atoms with Crippen LogP contribution in [-0.2, 0) is 9.59 Å². The van der Waals surface area contributed by atoms with Crippen molar-refractivity contribution in [2.45, 2.75) is 26.7 Å². The summed E-state index contributed by atoms with van der Waals surface area (Å²) in [5, 5.41) is 14.4. The molecule has 0 aliphatic carbocycles. The van der Waals surface area contributed by atoms with Crippen molar-refractivity contribution in [2.24, 2.45) is 5.41 Å². The van der Waals surface area contributed by atoms with E-state index >= 15 is 0 Å². The van der Waals surface area contributed by atoms with Crippen molar-refractivity contribution >= 4 is 28.9 Å². The largest absolute Gasteiger partial charge is 0.372 e. The van der Waals surface area contributed by atoms with Crippen LogP contribution >= 0.6 is 0 Å². The monoisotopic (exact) mass is 376 g/mol. The third-order valence-electron chi connectivity index (χ3n) is 5.00. The molecule has 0 unspecified atom stereocenters. The highest BCUT2D eigenvalue weighted by molar-refractivity contribution is 6.14. The fraction of sp³-hybridized carbons (Fsp3) is 0.318. The van der Waals surface area contributed by atoms with Crippen molar-refractivity contribution in [1.29, 1.82) is 5.26 Å². The van der Waals surface area contributed by atoms with E-state index in [1.54, 1.807) is 38.1 Å². The molecule has 1 saturated heterocycles. The van der Waals surface area contributed by atoms with Crippen LogP contribution in [0.3, 0.4) is 0 Å². The minimum Gasteiger partial charge on any atom is -0.372 e. The van der Waals surface area contributed by atoms with Crippen molar-refractivity contribution in [2.75, 3.05) is 28.6 Å². The molecular weight excluding hydrogens is 352 g/mol. The van der Waals surface area contributed by atoms with Crippen molar-refractivity contribution in [3.63, 3.8) is 0 Å². The molecule has 6 heteroatoms. The predicted molar refractivity (Wildman–Crippen MR) is 110 cm³/mol. The summed E-state index contributed by atoms with van der Waals surface area (Å²) in [4.78, 5) is 27.6. The molecule has 2 aromatic rings. The summed E-state index contributed by atoms with van der Waals surface area (Å²) in [7, 11) is 0. The maximum atomic E-state index is 12.7. The molecular formula is C22H24N4O2. The van der Waals surface area contributed by atoms with E-state index in [1.165, 1.54) is 12.8 Å². The smallest absolute Gasteiger partial charge is 0.239 e. The number of rotatable bonds is 5. The zero-order valence-electron chi connectivity index (χ0n) is 16.2. The summed E-state index contributed by atoms with van der Waals surface area (Å²) in [6, 6.07) is 16.2. The lowest BCUT2D eigenvalue weighted by Gasteiger charge is -2.23. The van der Waals surface area contributed by atoms with Gasteiger partial charge in [-0.3, -0.25) is 9.59 Å². The van der Waals surface area contributed by atoms with Gasteiger partial charge in [-0.15, -0.1) is 0 Å². The molecule has 0 bridgehead atoms. The number of carbonyl (C=O) groups is 2. The number of hydrogen-bond donors (Lipinski definition) is 2. The van der Waals surface area contributed by atoms with Crippen LogP contribution in [0.25, 0.3) is 0 Å². The number of nitriles is 1. The molecule has 2 N–H and O–H groups in total. The normalized spacial score (nSPS) is 13.7. The van der Waals surface area contributed by atoms with E-state index in [4.69, 9.17) is 5.26 Å². The van der Waals surface area contributed by atoms with Crippen LogP contribution < -0.4 is 15.5 Å². The summed E-state index contributed by atoms with van der Waals surface area (Å²) in [6.45, 7) is 5.29. The van der Waals surface area contributed by atoms with E-state index < -0.39 is 11.3 Å². The van der Waals surface area contributed by atoms with Crippen LogP contribution in [0.2, 0.25) is 0 Å². The number of benzene rings is 2. The van der Waals surface area contributed by atoms with E-state index in [2.05, 4.69) is 15.5 Å². The lowest BCUT2D eigenvalue weighted by Crippen LogP contribution is -2.41. The Bertz CT molecular complexity index is 890. The lowest BCUT2D eigenvalue weighted by molar-refractivity contribution is -0.135. The average Bonchev–Trinajstić information content (AvgIpc) is 3.24. The van der Waals surface area contributed by atoms with Crippen LogP contribution in [0.1, 0.15) is 32.3 Å². The maximum absolute atomic E-state index is 12.7. The van der Waals surface area contributed by atoms with Crippen LogP contribution in [0.4, 0.5) is 17.1 Å². The van der Waals surface area contributed by atoms with Crippen LogP contribution in [0.5, 0.6) is 0 Å². The highest BCUT2D eigenvalue weighted by Gasteiger charge is 2.36. The van der Waals surface area contributed by atoms with Gasteiger partial charge in [0.2, 0.25) is 11.8 Å². The summed E-state index contributed by atoms with van der Waals surface area (Å²) >= 11 is 0. The Hall–Kier alpha value is -3.33. The zero-order valence-corrected chi connectivity index (χ0v) is 16.2. The average molecular weight is 376 g/mol. The number of nitrogens with zero attached hydrogens (tertiary/aromatic N) is 2. The number of anilines is 3. The third kappa shape index (κ3) is 4.32. The van der Waals surface area contributed by atoms with Gasteiger partial charge in [0.15, 0.2) is 0 Å². The minimum atomic E-state index is -1.26. The van der Waals surface area contributed by atoms with Crippen LogP contribution in [0.15, 0.2) is 48.5 Å². The fourth-order valence-corrected chi connectivity index (χ4v) is 3.04. The Morgan fingerprint density at radius 3 is 1.82 bits per heavy atom. The summed E-state index contributed by atoms with van der Waals surface area (Å²) in [5.74, 6) is -0.795. The molecule has 1 heterocycles. The van der Waals surface area contributed by atoms with E-state index in [0.717, 1.165) is 18.8 Å². The van der Waals surface area contributed by atoms with Gasteiger partial charge in [-0.25, -0.2) is 0 Å². The van der Waals surface area contributed by atoms with Crippen LogP contribution in [0, 0.1) is 16.7 Å². The van der Waals surface area contributed by atoms with Crippen molar-refractivity contribution in [3.05, 3.63) is 54.1 Å². The Morgan fingerprint density at radius 2 is 1.36 bits per heavy atom. The number of amides is 2. The van der Waals surface area contributed by atoms with Crippen molar-refractivity contribution in [1.82, 2.24) is 0 Å². The molecule has 0 radical (unpaired) electrons. The van der Waals surface area contributed by atoms with Gasteiger partial charge in [0.1, 0.15) is 5.41 Å². The van der Waals surface area contributed by atoms with Gasteiger partial charge in [-0.05, 0) is 75.2 Å². The second-order valence-electron chi connectivity index (χ2n) is 7.46. The van der Waals surface area contributed by atoms with Crippen molar-refractivity contribution in [3.8, 4) is 6.07 Å². The Morgan fingerprint density at radius 1 is 0.893 bits per heavy atom. The molecule has 0 spiro atoms. The SMILES string of the molecule is CC(C)(C(=O)Nc1ccc(C#N)cc1)C(=O)Nc1ccc(N2CCCC2)cc1. The van der Waals surface area contributed by atoms with Gasteiger partial charge < -0.3 is 15.5 Å². The molecule has 1 fully saturated rings. The maximum Gasteiger partial charge on any atom is 0.239 e. The molecule has 144 valence electrons. The number of nitrogens with one attached hydrogen (secondary N) is 2. The Kier molecular flexibility index (Phi) is 5.65. The second kappa shape index (κ2) is 8.13. The van der Waals surface area contributed by atoms with Gasteiger partial charge in [0, 0.05) is 30.2 Å².